The van der Waals surface area contributed by atoms with E-state index in [1.54, 1.807) is 45.0 Å². The average molecular weight is 447 g/mol. The Bertz CT molecular complexity index is 1010. The van der Waals surface area contributed by atoms with Crippen LogP contribution in [0.3, 0.4) is 0 Å². The van der Waals surface area contributed by atoms with Gasteiger partial charge in [-0.2, -0.15) is 0 Å². The molecule has 0 bridgehead atoms. The minimum Gasteiger partial charge on any atom is -0.480 e. The summed E-state index contributed by atoms with van der Waals surface area (Å²) in [5.74, 6) is -0.803. The number of aromatic nitrogens is 2. The van der Waals surface area contributed by atoms with Crippen molar-refractivity contribution < 1.29 is 19.5 Å². The fraction of sp³-hybridized carbons (Fsp3) is 0.455. The summed E-state index contributed by atoms with van der Waals surface area (Å²) in [6, 6.07) is 5.56. The van der Waals surface area contributed by atoms with Crippen LogP contribution in [0.2, 0.25) is 5.02 Å². The van der Waals surface area contributed by atoms with Gasteiger partial charge >= 0.3 is 5.97 Å². The van der Waals surface area contributed by atoms with E-state index < -0.39 is 23.3 Å². The Kier molecular flexibility index (Phi) is 6.69. The number of carboxylic acids is 1. The number of hydrogen-bond acceptors (Lipinski definition) is 5. The van der Waals surface area contributed by atoms with Crippen molar-refractivity contribution in [3.05, 3.63) is 46.4 Å². The standard InChI is InChI=1S/C22H27ClN4O4/c1-22(2,3)18(21(30)31)26-20(29)17-19(25-16-9-4-5-10-27(16)17)24-12-15(28)13-7-6-8-14(23)11-13/h6-8,11,18,24H,4-5,9-10,12H2,1-3H3,(H,26,29)(H,30,31). The lowest BCUT2D eigenvalue weighted by Crippen LogP contribution is -2.49. The molecule has 0 aliphatic carbocycles. The summed E-state index contributed by atoms with van der Waals surface area (Å²) in [5, 5.41) is 15.7. The fourth-order valence-electron chi connectivity index (χ4n) is 3.61. The summed E-state index contributed by atoms with van der Waals surface area (Å²) in [5.41, 5.74) is 0.0280. The molecule has 1 atom stereocenters. The molecule has 1 aromatic carbocycles. The van der Waals surface area contributed by atoms with Gasteiger partial charge in [0.2, 0.25) is 0 Å². The van der Waals surface area contributed by atoms with Gasteiger partial charge in [-0.25, -0.2) is 9.78 Å². The van der Waals surface area contributed by atoms with Crippen LogP contribution < -0.4 is 10.6 Å². The van der Waals surface area contributed by atoms with E-state index in [-0.39, 0.29) is 23.8 Å². The number of carboxylic acid groups (broad SMARTS) is 1. The molecule has 0 saturated heterocycles. The first kappa shape index (κ1) is 22.8. The van der Waals surface area contributed by atoms with E-state index in [0.29, 0.717) is 23.6 Å². The average Bonchev–Trinajstić information content (AvgIpc) is 3.07. The van der Waals surface area contributed by atoms with Crippen LogP contribution in [0.5, 0.6) is 0 Å². The van der Waals surface area contributed by atoms with Gasteiger partial charge in [-0.05, 0) is 30.4 Å². The smallest absolute Gasteiger partial charge is 0.326 e. The summed E-state index contributed by atoms with van der Waals surface area (Å²) >= 11 is 5.96. The molecule has 3 N–H and O–H groups in total. The van der Waals surface area contributed by atoms with Crippen molar-refractivity contribution in [1.29, 1.82) is 0 Å². The normalized spacial score (nSPS) is 14.5. The van der Waals surface area contributed by atoms with Crippen LogP contribution in [-0.2, 0) is 17.8 Å². The molecule has 0 fully saturated rings. The molecule has 166 valence electrons. The van der Waals surface area contributed by atoms with Gasteiger partial charge in [-0.15, -0.1) is 0 Å². The van der Waals surface area contributed by atoms with Gasteiger partial charge in [0.05, 0.1) is 6.54 Å². The number of carbonyl (C=O) groups excluding carboxylic acids is 2. The molecule has 1 aromatic heterocycles. The summed E-state index contributed by atoms with van der Waals surface area (Å²) in [7, 11) is 0. The number of Topliss-reactive ketones (excluding diaryl/α,β-unsaturated/α-hetero) is 1. The Morgan fingerprint density at radius 1 is 1.26 bits per heavy atom. The zero-order chi connectivity index (χ0) is 22.8. The largest absolute Gasteiger partial charge is 0.480 e. The number of fused-ring (bicyclic) bond motifs is 1. The van der Waals surface area contributed by atoms with Crippen LogP contribution in [0.1, 0.15) is 60.3 Å². The number of carbonyl (C=O) groups is 3. The lowest BCUT2D eigenvalue weighted by molar-refractivity contribution is -0.142. The molecule has 1 unspecified atom stereocenters. The second-order valence-corrected chi connectivity index (χ2v) is 9.17. The van der Waals surface area contributed by atoms with Crippen LogP contribution in [0.15, 0.2) is 24.3 Å². The molecule has 1 amide bonds. The number of aryl methyl sites for hydroxylation is 1. The zero-order valence-corrected chi connectivity index (χ0v) is 18.6. The summed E-state index contributed by atoms with van der Waals surface area (Å²) < 4.78 is 1.81. The number of rotatable bonds is 7. The van der Waals surface area contributed by atoms with E-state index >= 15 is 0 Å². The predicted molar refractivity (Wildman–Crippen MR) is 118 cm³/mol. The van der Waals surface area contributed by atoms with E-state index in [9.17, 15) is 19.5 Å². The third-order valence-electron chi connectivity index (χ3n) is 5.25. The highest BCUT2D eigenvalue weighted by atomic mass is 35.5. The van der Waals surface area contributed by atoms with Crippen LogP contribution in [0.25, 0.3) is 0 Å². The number of ketones is 1. The first-order valence-corrected chi connectivity index (χ1v) is 10.6. The number of amides is 1. The third kappa shape index (κ3) is 5.25. The number of halogens is 1. The van der Waals surface area contributed by atoms with Crippen LogP contribution in [0, 0.1) is 5.41 Å². The first-order chi connectivity index (χ1) is 14.6. The van der Waals surface area contributed by atoms with Gasteiger partial charge in [-0.3, -0.25) is 9.59 Å². The summed E-state index contributed by atoms with van der Waals surface area (Å²) in [6.45, 7) is 5.79. The Balaban J connectivity index is 1.86. The molecule has 31 heavy (non-hydrogen) atoms. The Morgan fingerprint density at radius 2 is 2.00 bits per heavy atom. The van der Waals surface area contributed by atoms with Crippen LogP contribution in [0.4, 0.5) is 5.82 Å². The van der Waals surface area contributed by atoms with E-state index in [1.807, 2.05) is 4.57 Å². The van der Waals surface area contributed by atoms with Crippen molar-refractivity contribution in [1.82, 2.24) is 14.9 Å². The van der Waals surface area contributed by atoms with Crippen molar-refractivity contribution in [2.75, 3.05) is 11.9 Å². The minimum absolute atomic E-state index is 0.0707. The maximum absolute atomic E-state index is 13.1. The SMILES string of the molecule is CC(C)(C)C(NC(=O)c1c(NCC(=O)c2cccc(Cl)c2)nc2n1CCCC2)C(=O)O. The number of nitrogens with one attached hydrogen (secondary N) is 2. The Labute approximate surface area is 186 Å². The van der Waals surface area contributed by atoms with E-state index in [4.69, 9.17) is 11.6 Å². The molecule has 3 rings (SSSR count). The molecule has 0 saturated carbocycles. The molecule has 9 heteroatoms. The van der Waals surface area contributed by atoms with Gasteiger partial charge in [0, 0.05) is 23.6 Å². The number of benzene rings is 1. The van der Waals surface area contributed by atoms with Crippen molar-refractivity contribution in [3.63, 3.8) is 0 Å². The highest BCUT2D eigenvalue weighted by Gasteiger charge is 2.35. The van der Waals surface area contributed by atoms with Gasteiger partial charge in [0.25, 0.3) is 5.91 Å². The van der Waals surface area contributed by atoms with Crippen LogP contribution in [-0.4, -0.2) is 44.9 Å². The van der Waals surface area contributed by atoms with Crippen LogP contribution >= 0.6 is 11.6 Å². The lowest BCUT2D eigenvalue weighted by atomic mass is 9.86. The molecule has 0 spiro atoms. The number of imidazole rings is 1. The highest BCUT2D eigenvalue weighted by Crippen LogP contribution is 2.25. The van der Waals surface area contributed by atoms with Gasteiger partial charge < -0.3 is 20.3 Å². The molecular formula is C22H27ClN4O4. The molecular weight excluding hydrogens is 420 g/mol. The van der Waals surface area contributed by atoms with Gasteiger partial charge in [0.15, 0.2) is 17.3 Å². The number of nitrogens with zero attached hydrogens (tertiary/aromatic N) is 2. The fourth-order valence-corrected chi connectivity index (χ4v) is 3.80. The monoisotopic (exact) mass is 446 g/mol. The summed E-state index contributed by atoms with van der Waals surface area (Å²) in [6.07, 6.45) is 2.57. The van der Waals surface area contributed by atoms with E-state index in [1.165, 1.54) is 0 Å². The molecule has 2 heterocycles. The van der Waals surface area contributed by atoms with Crippen molar-refractivity contribution in [2.24, 2.45) is 5.41 Å². The second-order valence-electron chi connectivity index (χ2n) is 8.73. The Hall–Kier alpha value is -2.87. The highest BCUT2D eigenvalue weighted by molar-refractivity contribution is 6.31. The predicted octanol–water partition coefficient (Wildman–Crippen LogP) is 3.40. The topological polar surface area (TPSA) is 113 Å². The van der Waals surface area contributed by atoms with Crippen molar-refractivity contribution in [2.45, 2.75) is 52.6 Å². The maximum atomic E-state index is 13.1. The molecule has 0 radical (unpaired) electrons. The molecule has 8 nitrogen and oxygen atoms in total. The molecule has 1 aliphatic rings. The summed E-state index contributed by atoms with van der Waals surface area (Å²) in [4.78, 5) is 42.0. The molecule has 1 aliphatic heterocycles. The lowest BCUT2D eigenvalue weighted by Gasteiger charge is -2.28. The molecule has 2 aromatic rings. The first-order valence-electron chi connectivity index (χ1n) is 10.2. The number of aliphatic carboxylic acids is 1. The van der Waals surface area contributed by atoms with Gasteiger partial charge in [-0.1, -0.05) is 44.5 Å². The van der Waals surface area contributed by atoms with Crippen molar-refractivity contribution >= 4 is 35.1 Å². The van der Waals surface area contributed by atoms with E-state index in [2.05, 4.69) is 15.6 Å². The maximum Gasteiger partial charge on any atom is 0.326 e. The number of anilines is 1. The third-order valence-corrected chi connectivity index (χ3v) is 5.48. The number of hydrogen-bond donors (Lipinski definition) is 3. The second kappa shape index (κ2) is 9.09. The van der Waals surface area contributed by atoms with Crippen molar-refractivity contribution in [3.8, 4) is 0 Å². The quantitative estimate of drug-likeness (QED) is 0.562. The zero-order valence-electron chi connectivity index (χ0n) is 17.9. The minimum atomic E-state index is -1.11. The van der Waals surface area contributed by atoms with Gasteiger partial charge in [0.1, 0.15) is 11.9 Å². The Morgan fingerprint density at radius 3 is 2.65 bits per heavy atom. The van der Waals surface area contributed by atoms with E-state index in [0.717, 1.165) is 18.7 Å².